The van der Waals surface area contributed by atoms with Gasteiger partial charge in [0.05, 0.1) is 0 Å². The Kier molecular flexibility index (Phi) is 3.37. The van der Waals surface area contributed by atoms with E-state index in [1.54, 1.807) is 6.08 Å². The highest BCUT2D eigenvalue weighted by molar-refractivity contribution is 6.16. The Morgan fingerprint density at radius 3 is 2.56 bits per heavy atom. The number of hydrogen-bond donors (Lipinski definition) is 0. The molecular weight excluding hydrogens is 224 g/mol. The van der Waals surface area contributed by atoms with Gasteiger partial charge >= 0.3 is 0 Å². The van der Waals surface area contributed by atoms with E-state index in [-0.39, 0.29) is 5.88 Å². The fourth-order valence-corrected chi connectivity index (χ4v) is 1.34. The SMILES string of the molecule is Cc1ccc(C=Cc2nnc(CCl)o2)cc1. The second-order valence-electron chi connectivity index (χ2n) is 3.41. The third-order valence-electron chi connectivity index (χ3n) is 2.09. The second-order valence-corrected chi connectivity index (χ2v) is 3.68. The molecule has 0 amide bonds. The normalized spacial score (nSPS) is 11.1. The Hall–Kier alpha value is -1.61. The van der Waals surface area contributed by atoms with Crippen LogP contribution in [0.1, 0.15) is 22.9 Å². The number of hydrogen-bond acceptors (Lipinski definition) is 3. The molecule has 0 saturated carbocycles. The lowest BCUT2D eigenvalue weighted by atomic mass is 10.1. The van der Waals surface area contributed by atoms with Crippen LogP contribution in [-0.4, -0.2) is 10.2 Å². The first-order chi connectivity index (χ1) is 7.78. The Morgan fingerprint density at radius 1 is 1.19 bits per heavy atom. The number of aromatic nitrogens is 2. The zero-order valence-electron chi connectivity index (χ0n) is 8.85. The van der Waals surface area contributed by atoms with Crippen LogP contribution in [0.2, 0.25) is 0 Å². The van der Waals surface area contributed by atoms with Crippen molar-refractivity contribution >= 4 is 23.8 Å². The lowest BCUT2D eigenvalue weighted by Gasteiger charge is -1.93. The van der Waals surface area contributed by atoms with Gasteiger partial charge in [-0.25, -0.2) is 0 Å². The molecule has 0 bridgehead atoms. The summed E-state index contributed by atoms with van der Waals surface area (Å²) in [5.74, 6) is 1.15. The van der Waals surface area contributed by atoms with E-state index in [9.17, 15) is 0 Å². The van der Waals surface area contributed by atoms with Gasteiger partial charge in [-0.15, -0.1) is 21.8 Å². The summed E-state index contributed by atoms with van der Waals surface area (Å²) in [5, 5.41) is 7.59. The monoisotopic (exact) mass is 234 g/mol. The Balaban J connectivity index is 2.11. The van der Waals surface area contributed by atoms with Gasteiger partial charge in [0.2, 0.25) is 11.8 Å². The summed E-state index contributed by atoms with van der Waals surface area (Å²) in [7, 11) is 0. The summed E-state index contributed by atoms with van der Waals surface area (Å²) in [6.45, 7) is 2.05. The lowest BCUT2D eigenvalue weighted by Crippen LogP contribution is -1.75. The van der Waals surface area contributed by atoms with Crippen LogP contribution < -0.4 is 0 Å². The number of benzene rings is 1. The van der Waals surface area contributed by atoms with Crippen molar-refractivity contribution < 1.29 is 4.42 Å². The van der Waals surface area contributed by atoms with Crippen LogP contribution in [0.5, 0.6) is 0 Å². The summed E-state index contributed by atoms with van der Waals surface area (Å²) in [5.41, 5.74) is 2.33. The van der Waals surface area contributed by atoms with E-state index >= 15 is 0 Å². The van der Waals surface area contributed by atoms with Crippen LogP contribution in [0.3, 0.4) is 0 Å². The fourth-order valence-electron chi connectivity index (χ4n) is 1.23. The van der Waals surface area contributed by atoms with Crippen molar-refractivity contribution in [3.8, 4) is 0 Å². The van der Waals surface area contributed by atoms with Gasteiger partial charge in [-0.05, 0) is 18.6 Å². The molecule has 0 aliphatic carbocycles. The molecule has 0 radical (unpaired) electrons. The molecule has 0 unspecified atom stereocenters. The van der Waals surface area contributed by atoms with Gasteiger partial charge in [0.15, 0.2) is 0 Å². The third kappa shape index (κ3) is 2.70. The predicted octanol–water partition coefficient (Wildman–Crippen LogP) is 3.29. The highest BCUT2D eigenvalue weighted by atomic mass is 35.5. The zero-order valence-corrected chi connectivity index (χ0v) is 9.61. The lowest BCUT2D eigenvalue weighted by molar-refractivity contribution is 0.505. The molecule has 0 N–H and O–H groups in total. The predicted molar refractivity (Wildman–Crippen MR) is 64.0 cm³/mol. The van der Waals surface area contributed by atoms with Crippen LogP contribution in [0.4, 0.5) is 0 Å². The first-order valence-electron chi connectivity index (χ1n) is 4.91. The molecule has 0 aliphatic rings. The van der Waals surface area contributed by atoms with E-state index in [4.69, 9.17) is 16.0 Å². The minimum atomic E-state index is 0.241. The first kappa shape index (κ1) is 10.9. The van der Waals surface area contributed by atoms with Crippen LogP contribution >= 0.6 is 11.6 Å². The van der Waals surface area contributed by atoms with Crippen LogP contribution in [0.25, 0.3) is 12.2 Å². The minimum Gasteiger partial charge on any atom is -0.420 e. The highest BCUT2D eigenvalue weighted by Crippen LogP contribution is 2.09. The molecule has 82 valence electrons. The van der Waals surface area contributed by atoms with Gasteiger partial charge in [0.1, 0.15) is 5.88 Å². The number of nitrogens with zero attached hydrogens (tertiary/aromatic N) is 2. The summed E-state index contributed by atoms with van der Waals surface area (Å²) >= 11 is 5.55. The largest absolute Gasteiger partial charge is 0.420 e. The summed E-state index contributed by atoms with van der Waals surface area (Å²) in [4.78, 5) is 0. The first-order valence-corrected chi connectivity index (χ1v) is 5.44. The third-order valence-corrected chi connectivity index (χ3v) is 2.32. The number of alkyl halides is 1. The molecular formula is C12H11ClN2O. The van der Waals surface area contributed by atoms with E-state index < -0.39 is 0 Å². The van der Waals surface area contributed by atoms with Crippen LogP contribution in [0.15, 0.2) is 28.7 Å². The van der Waals surface area contributed by atoms with Gasteiger partial charge in [0, 0.05) is 6.08 Å². The molecule has 2 aromatic rings. The molecule has 1 aromatic carbocycles. The smallest absolute Gasteiger partial charge is 0.240 e. The second kappa shape index (κ2) is 4.94. The van der Waals surface area contributed by atoms with Crippen LogP contribution in [-0.2, 0) is 5.88 Å². The van der Waals surface area contributed by atoms with Gasteiger partial charge in [-0.3, -0.25) is 0 Å². The van der Waals surface area contributed by atoms with Gasteiger partial charge < -0.3 is 4.42 Å². The molecule has 0 aliphatic heterocycles. The topological polar surface area (TPSA) is 38.9 Å². The van der Waals surface area contributed by atoms with Crippen molar-refractivity contribution in [2.24, 2.45) is 0 Å². The summed E-state index contributed by atoms with van der Waals surface area (Å²) in [6.07, 6.45) is 3.69. The Bertz CT molecular complexity index is 488. The van der Waals surface area contributed by atoms with E-state index in [0.29, 0.717) is 11.8 Å². The maximum atomic E-state index is 5.55. The molecule has 16 heavy (non-hydrogen) atoms. The van der Waals surface area contributed by atoms with Crippen LogP contribution in [0, 0.1) is 6.92 Å². The van der Waals surface area contributed by atoms with Gasteiger partial charge in [-0.1, -0.05) is 29.8 Å². The van der Waals surface area contributed by atoms with Crippen molar-refractivity contribution in [1.29, 1.82) is 0 Å². The molecule has 4 heteroatoms. The van der Waals surface area contributed by atoms with Crippen molar-refractivity contribution in [3.05, 3.63) is 47.2 Å². The van der Waals surface area contributed by atoms with E-state index in [1.165, 1.54) is 5.56 Å². The van der Waals surface area contributed by atoms with E-state index in [2.05, 4.69) is 29.3 Å². The zero-order chi connectivity index (χ0) is 11.4. The van der Waals surface area contributed by atoms with E-state index in [0.717, 1.165) is 5.56 Å². The molecule has 0 atom stereocenters. The Labute approximate surface area is 98.8 Å². The molecule has 3 nitrogen and oxygen atoms in total. The molecule has 0 saturated heterocycles. The van der Waals surface area contributed by atoms with Crippen molar-refractivity contribution in [3.63, 3.8) is 0 Å². The maximum absolute atomic E-state index is 5.55. The standard InChI is InChI=1S/C12H11ClN2O/c1-9-2-4-10(5-3-9)6-7-11-14-15-12(8-13)16-11/h2-7H,8H2,1H3. The summed E-state index contributed by atoms with van der Waals surface area (Å²) in [6, 6.07) is 8.17. The van der Waals surface area contributed by atoms with E-state index in [1.807, 2.05) is 18.2 Å². The summed E-state index contributed by atoms with van der Waals surface area (Å²) < 4.78 is 5.24. The minimum absolute atomic E-state index is 0.241. The fraction of sp³-hybridized carbons (Fsp3) is 0.167. The quantitative estimate of drug-likeness (QED) is 0.765. The highest BCUT2D eigenvalue weighted by Gasteiger charge is 2.00. The van der Waals surface area contributed by atoms with Crippen molar-refractivity contribution in [1.82, 2.24) is 10.2 Å². The maximum Gasteiger partial charge on any atom is 0.240 e. The number of halogens is 1. The average molecular weight is 235 g/mol. The van der Waals surface area contributed by atoms with Gasteiger partial charge in [0.25, 0.3) is 0 Å². The van der Waals surface area contributed by atoms with Gasteiger partial charge in [-0.2, -0.15) is 0 Å². The molecule has 1 aromatic heterocycles. The molecule has 0 fully saturated rings. The number of rotatable bonds is 3. The molecule has 0 spiro atoms. The average Bonchev–Trinajstić information content (AvgIpc) is 2.76. The molecule has 1 heterocycles. The molecule has 2 rings (SSSR count). The Morgan fingerprint density at radius 2 is 1.94 bits per heavy atom. The van der Waals surface area contributed by atoms with Crippen molar-refractivity contribution in [2.75, 3.05) is 0 Å². The number of aryl methyl sites for hydroxylation is 1. The van der Waals surface area contributed by atoms with Crippen molar-refractivity contribution in [2.45, 2.75) is 12.8 Å².